The third-order valence-corrected chi connectivity index (χ3v) is 19.9. The fourth-order valence-electron chi connectivity index (χ4n) is 13.7. The number of fused-ring (bicyclic) bond motifs is 17. The number of nitrogens with zero attached hydrogens (tertiary/aromatic N) is 2. The van der Waals surface area contributed by atoms with Crippen molar-refractivity contribution < 1.29 is 0 Å². The maximum atomic E-state index is 2.77. The number of benzene rings is 9. The van der Waals surface area contributed by atoms with E-state index in [0.717, 1.165) is 0 Å². The molecular formula is C71H61BN2S2. The lowest BCUT2D eigenvalue weighted by Gasteiger charge is -2.44. The number of anilines is 2. The summed E-state index contributed by atoms with van der Waals surface area (Å²) in [4.78, 5) is 4.08. The molecule has 9 aromatic carbocycles. The molecule has 0 unspecified atom stereocenters. The van der Waals surface area contributed by atoms with Crippen LogP contribution in [0.2, 0.25) is 0 Å². The van der Waals surface area contributed by atoms with Gasteiger partial charge >= 0.3 is 6.85 Å². The van der Waals surface area contributed by atoms with E-state index in [1.54, 1.807) is 0 Å². The molecule has 0 fully saturated rings. The van der Waals surface area contributed by atoms with Gasteiger partial charge in [-0.3, -0.25) is 0 Å². The van der Waals surface area contributed by atoms with Crippen LogP contribution in [0.15, 0.2) is 170 Å². The molecule has 0 radical (unpaired) electrons. The molecule has 0 atom stereocenters. The molecule has 2 aliphatic heterocycles. The van der Waals surface area contributed by atoms with Crippen LogP contribution in [-0.2, 0) is 21.7 Å². The number of hydrogen-bond acceptors (Lipinski definition) is 3. The Hall–Kier alpha value is -7.18. The van der Waals surface area contributed by atoms with Crippen LogP contribution >= 0.6 is 22.7 Å². The Balaban J connectivity index is 1.17. The smallest absolute Gasteiger partial charge is 0.333 e. The van der Waals surface area contributed by atoms with Gasteiger partial charge in [-0.1, -0.05) is 185 Å². The summed E-state index contributed by atoms with van der Waals surface area (Å²) in [5, 5.41) is 6.70. The van der Waals surface area contributed by atoms with Crippen LogP contribution in [0.1, 0.15) is 104 Å². The quantitative estimate of drug-likeness (QED) is 0.160. The van der Waals surface area contributed by atoms with Gasteiger partial charge in [0.15, 0.2) is 0 Å². The molecule has 0 saturated heterocycles. The van der Waals surface area contributed by atoms with Crippen molar-refractivity contribution in [2.24, 2.45) is 0 Å². The van der Waals surface area contributed by atoms with Crippen molar-refractivity contribution in [2.45, 2.75) is 97.8 Å². The highest BCUT2D eigenvalue weighted by molar-refractivity contribution is 7.26. The van der Waals surface area contributed by atoms with Gasteiger partial charge in [-0.2, -0.15) is 0 Å². The van der Waals surface area contributed by atoms with Crippen LogP contribution in [0.5, 0.6) is 0 Å². The summed E-state index contributed by atoms with van der Waals surface area (Å²) in [6, 6.07) is 66.3. The lowest BCUT2D eigenvalue weighted by atomic mass is 9.43. The first-order valence-electron chi connectivity index (χ1n) is 27.3. The molecule has 3 aliphatic rings. The minimum absolute atomic E-state index is 0.00930. The summed E-state index contributed by atoms with van der Waals surface area (Å²) in [6.45, 7) is 26.0. The molecular weight excluding hydrogens is 956 g/mol. The second-order valence-electron chi connectivity index (χ2n) is 25.7. The van der Waals surface area contributed by atoms with E-state index >= 15 is 0 Å². The molecule has 76 heavy (non-hydrogen) atoms. The van der Waals surface area contributed by atoms with Crippen LogP contribution in [0.3, 0.4) is 0 Å². The molecule has 370 valence electrons. The van der Waals surface area contributed by atoms with E-state index in [2.05, 4.69) is 255 Å². The molecule has 5 heteroatoms. The number of hydrogen-bond donors (Lipinski definition) is 0. The molecule has 2 nitrogen and oxygen atoms in total. The fraction of sp³-hybridized carbons (Fsp3) is 0.211. The first kappa shape index (κ1) is 46.2. The van der Waals surface area contributed by atoms with E-state index in [1.165, 1.54) is 152 Å². The maximum Gasteiger partial charge on any atom is 0.333 e. The van der Waals surface area contributed by atoms with Crippen molar-refractivity contribution in [3.8, 4) is 49.5 Å². The Morgan fingerprint density at radius 2 is 1.07 bits per heavy atom. The fourth-order valence-corrected chi connectivity index (χ4v) is 16.1. The molecule has 0 bridgehead atoms. The Bertz CT molecular complexity index is 4470. The Morgan fingerprint density at radius 1 is 0.461 bits per heavy atom. The zero-order valence-electron chi connectivity index (χ0n) is 45.5. The molecule has 12 aromatic rings. The molecule has 1 aliphatic carbocycles. The molecule has 0 N–H and O–H groups in total. The number of rotatable bonds is 3. The van der Waals surface area contributed by atoms with Crippen molar-refractivity contribution in [1.29, 1.82) is 0 Å². The van der Waals surface area contributed by atoms with Crippen molar-refractivity contribution in [1.82, 2.24) is 4.57 Å². The average Bonchev–Trinajstić information content (AvgIpc) is 3.80. The van der Waals surface area contributed by atoms with E-state index in [-0.39, 0.29) is 28.5 Å². The van der Waals surface area contributed by atoms with Crippen LogP contribution in [0, 0.1) is 0 Å². The third-order valence-electron chi connectivity index (χ3n) is 17.6. The zero-order valence-corrected chi connectivity index (χ0v) is 47.1. The van der Waals surface area contributed by atoms with Crippen molar-refractivity contribution in [3.63, 3.8) is 0 Å². The van der Waals surface area contributed by atoms with Crippen LogP contribution in [0.4, 0.5) is 11.4 Å². The Labute approximate surface area is 455 Å². The summed E-state index contributed by atoms with van der Waals surface area (Å²) < 4.78 is 6.70. The number of aromatic nitrogens is 1. The van der Waals surface area contributed by atoms with E-state index in [4.69, 9.17) is 0 Å². The Kier molecular flexibility index (Phi) is 9.41. The summed E-state index contributed by atoms with van der Waals surface area (Å²) in [5.74, 6) is 0. The normalized spacial score (nSPS) is 14.6. The second kappa shape index (κ2) is 15.5. The van der Waals surface area contributed by atoms with Crippen LogP contribution < -0.4 is 15.7 Å². The van der Waals surface area contributed by atoms with Crippen LogP contribution in [0.25, 0.3) is 102 Å². The minimum Gasteiger partial charge on any atom is -0.376 e. The molecule has 5 heterocycles. The number of thiophene rings is 2. The SMILES string of the molecule is CC(C)(C)c1ccc(N2B3c4cc5sc(-c6ccccc6)c(-c6ccccc6)c5cc4-n4c5ccc(C(C)(C)C)cc5c5c6c(c(c3c54)-c3cc4c(cc32)sc2ccc(C(C)(C)C)cc24)C(C)(C)c2ccccc2-6)cc1. The third kappa shape index (κ3) is 6.33. The Morgan fingerprint density at radius 3 is 1.76 bits per heavy atom. The van der Waals surface area contributed by atoms with Gasteiger partial charge in [-0.15, -0.1) is 22.7 Å². The average molecular weight is 1020 g/mol. The summed E-state index contributed by atoms with van der Waals surface area (Å²) in [7, 11) is 0. The van der Waals surface area contributed by atoms with Gasteiger partial charge < -0.3 is 9.38 Å². The maximum absolute atomic E-state index is 2.77. The van der Waals surface area contributed by atoms with E-state index < -0.39 is 0 Å². The van der Waals surface area contributed by atoms with Gasteiger partial charge in [0.25, 0.3) is 0 Å². The van der Waals surface area contributed by atoms with E-state index in [1.807, 2.05) is 22.7 Å². The van der Waals surface area contributed by atoms with Gasteiger partial charge in [0.2, 0.25) is 0 Å². The van der Waals surface area contributed by atoms with Crippen molar-refractivity contribution >= 4 is 104 Å². The van der Waals surface area contributed by atoms with Gasteiger partial charge in [0.1, 0.15) is 0 Å². The summed E-state index contributed by atoms with van der Waals surface area (Å²) >= 11 is 3.88. The lowest BCUT2D eigenvalue weighted by Crippen LogP contribution is -2.61. The van der Waals surface area contributed by atoms with E-state index in [9.17, 15) is 0 Å². The van der Waals surface area contributed by atoms with Crippen molar-refractivity contribution in [3.05, 3.63) is 198 Å². The minimum atomic E-state index is -0.293. The first-order valence-corrected chi connectivity index (χ1v) is 28.9. The first-order chi connectivity index (χ1) is 36.4. The van der Waals surface area contributed by atoms with E-state index in [0.29, 0.717) is 0 Å². The van der Waals surface area contributed by atoms with Gasteiger partial charge in [0, 0.05) is 79.5 Å². The molecule has 3 aromatic heterocycles. The topological polar surface area (TPSA) is 8.17 Å². The standard InChI is InChI=1S/C71H61BN2S2/c1-68(2,3)42-26-30-45(31-27-42)74-55-39-59-48(47-34-44(70(7,8)9)29-33-57(47)75-59)36-50(55)63-64-61(46-24-18-19-25-52(46)71(64,10)11)62-49-35-43(69(4,5)6)28-32-54(49)73-56-37-51-58(38-53(56)72(74)65(63)66(62)73)76-67(41-22-16-13-17-23-41)60(51)40-20-14-12-15-21-40/h12-39H,1-11H3. The van der Waals surface area contributed by atoms with Gasteiger partial charge in [-0.25, -0.2) is 0 Å². The van der Waals surface area contributed by atoms with Gasteiger partial charge in [0.05, 0.1) is 11.0 Å². The van der Waals surface area contributed by atoms with Crippen molar-refractivity contribution in [2.75, 3.05) is 4.81 Å². The highest BCUT2D eigenvalue weighted by Crippen LogP contribution is 2.60. The molecule has 0 spiro atoms. The van der Waals surface area contributed by atoms with Gasteiger partial charge in [-0.05, 0) is 143 Å². The van der Waals surface area contributed by atoms with Crippen LogP contribution in [-0.4, -0.2) is 11.4 Å². The molecule has 15 rings (SSSR count). The lowest BCUT2D eigenvalue weighted by molar-refractivity contribution is 0.590. The summed E-state index contributed by atoms with van der Waals surface area (Å²) in [5.41, 5.74) is 25.0. The predicted octanol–water partition coefficient (Wildman–Crippen LogP) is 19.1. The summed E-state index contributed by atoms with van der Waals surface area (Å²) in [6.07, 6.45) is 0. The zero-order chi connectivity index (χ0) is 52.1. The molecule has 0 saturated carbocycles. The molecule has 0 amide bonds. The highest BCUT2D eigenvalue weighted by Gasteiger charge is 2.50. The highest BCUT2D eigenvalue weighted by atomic mass is 32.1. The predicted molar refractivity (Wildman–Crippen MR) is 333 cm³/mol. The largest absolute Gasteiger partial charge is 0.376 e. The monoisotopic (exact) mass is 1020 g/mol. The second-order valence-corrected chi connectivity index (χ2v) is 27.8.